The van der Waals surface area contributed by atoms with E-state index in [1.54, 1.807) is 0 Å². The molecule has 2 atom stereocenters. The average molecular weight is 1040 g/mol. The van der Waals surface area contributed by atoms with E-state index in [9.17, 15) is 19.5 Å². The summed E-state index contributed by atoms with van der Waals surface area (Å²) in [7, 11) is 5.97. The molecule has 0 spiro atoms. The van der Waals surface area contributed by atoms with E-state index in [0.29, 0.717) is 23.9 Å². The normalized spacial score (nSPS) is 12.7. The summed E-state index contributed by atoms with van der Waals surface area (Å²) >= 11 is 0. The molecule has 0 aliphatic carbocycles. The summed E-state index contributed by atoms with van der Waals surface area (Å²) in [5, 5.41) is 9.67. The largest absolute Gasteiger partial charge is 0.477 e. The standard InChI is InChI=1S/C64H123NO8/c1-6-8-10-12-14-16-18-19-20-21-22-23-24-25-26-27-28-29-30-31-32-33-34-35-36-37-38-39-40-41-42-43-45-46-48-50-52-54-61(66)71-58-60(59-72-64(63(68)69)70-57-56-65(3,4)5)73-62(67)55-53-51-49-47-44-17-15-13-11-9-7-2/h13,15,60,64H,6-12,14,16-59H2,1-5H3/p+1/b15-13-. The second kappa shape index (κ2) is 56.2. The third kappa shape index (κ3) is 57.6. The van der Waals surface area contributed by atoms with Crippen LogP contribution in [0.25, 0.3) is 0 Å². The molecule has 0 rings (SSSR count). The molecule has 0 amide bonds. The number of carbonyl (C=O) groups excluding carboxylic acids is 2. The van der Waals surface area contributed by atoms with Crippen molar-refractivity contribution >= 4 is 17.9 Å². The Balaban J connectivity index is 3.85. The molecule has 432 valence electrons. The Labute approximate surface area is 453 Å². The van der Waals surface area contributed by atoms with Gasteiger partial charge in [-0.25, -0.2) is 4.79 Å². The van der Waals surface area contributed by atoms with Gasteiger partial charge < -0.3 is 28.5 Å². The number of unbranched alkanes of at least 4 members (excludes halogenated alkanes) is 43. The summed E-state index contributed by atoms with van der Waals surface area (Å²) < 4.78 is 22.8. The molecule has 9 nitrogen and oxygen atoms in total. The molecular weight excluding hydrogens is 911 g/mol. The van der Waals surface area contributed by atoms with Gasteiger partial charge in [0.2, 0.25) is 0 Å². The maximum atomic E-state index is 12.8. The summed E-state index contributed by atoms with van der Waals surface area (Å²) in [6.45, 7) is 4.87. The van der Waals surface area contributed by atoms with E-state index in [4.69, 9.17) is 18.9 Å². The van der Waals surface area contributed by atoms with E-state index in [-0.39, 0.29) is 32.2 Å². The first kappa shape index (κ1) is 71.0. The fourth-order valence-corrected chi connectivity index (χ4v) is 9.59. The Kier molecular flexibility index (Phi) is 54.7. The smallest absolute Gasteiger partial charge is 0.361 e. The predicted octanol–water partition coefficient (Wildman–Crippen LogP) is 18.9. The third-order valence-electron chi connectivity index (χ3n) is 14.5. The minimum atomic E-state index is -1.51. The number of carboxylic acid groups (broad SMARTS) is 1. The number of esters is 2. The number of hydrogen-bond acceptors (Lipinski definition) is 7. The molecule has 0 aliphatic heterocycles. The molecule has 0 aromatic carbocycles. The van der Waals surface area contributed by atoms with Crippen LogP contribution in [-0.4, -0.2) is 87.4 Å². The van der Waals surface area contributed by atoms with Crippen molar-refractivity contribution in [2.24, 2.45) is 0 Å². The zero-order chi connectivity index (χ0) is 53.4. The van der Waals surface area contributed by atoms with Gasteiger partial charge in [0.25, 0.3) is 6.29 Å². The van der Waals surface area contributed by atoms with Gasteiger partial charge in [-0.05, 0) is 32.1 Å². The molecule has 0 radical (unpaired) electrons. The molecule has 0 fully saturated rings. The molecule has 0 saturated carbocycles. The van der Waals surface area contributed by atoms with Gasteiger partial charge in [0.05, 0.1) is 34.4 Å². The van der Waals surface area contributed by atoms with Crippen molar-refractivity contribution in [2.75, 3.05) is 47.5 Å². The van der Waals surface area contributed by atoms with E-state index in [1.807, 2.05) is 21.1 Å². The molecule has 2 unspecified atom stereocenters. The maximum Gasteiger partial charge on any atom is 0.361 e. The van der Waals surface area contributed by atoms with Crippen LogP contribution in [0.2, 0.25) is 0 Å². The van der Waals surface area contributed by atoms with Crippen molar-refractivity contribution in [2.45, 2.75) is 334 Å². The number of allylic oxidation sites excluding steroid dienone is 2. The zero-order valence-electron chi connectivity index (χ0n) is 49.3. The lowest BCUT2D eigenvalue weighted by atomic mass is 10.0. The molecule has 0 saturated heterocycles. The second-order valence-corrected chi connectivity index (χ2v) is 23.1. The summed E-state index contributed by atoms with van der Waals surface area (Å²) in [5.41, 5.74) is 0. The summed E-state index contributed by atoms with van der Waals surface area (Å²) in [5.74, 6) is -2.00. The summed E-state index contributed by atoms with van der Waals surface area (Å²) in [6.07, 6.45) is 63.5. The molecule has 73 heavy (non-hydrogen) atoms. The number of hydrogen-bond donors (Lipinski definition) is 1. The van der Waals surface area contributed by atoms with Crippen LogP contribution >= 0.6 is 0 Å². The number of likely N-dealkylation sites (N-methyl/N-ethyl adjacent to an activating group) is 1. The fourth-order valence-electron chi connectivity index (χ4n) is 9.59. The molecule has 0 bridgehead atoms. The first-order chi connectivity index (χ1) is 35.6. The Bertz CT molecular complexity index is 1200. The minimum absolute atomic E-state index is 0.179. The molecule has 0 aromatic rings. The molecule has 0 heterocycles. The van der Waals surface area contributed by atoms with Gasteiger partial charge in [-0.3, -0.25) is 9.59 Å². The molecule has 0 aromatic heterocycles. The van der Waals surface area contributed by atoms with Crippen LogP contribution in [0.3, 0.4) is 0 Å². The van der Waals surface area contributed by atoms with Crippen LogP contribution in [0.5, 0.6) is 0 Å². The second-order valence-electron chi connectivity index (χ2n) is 23.1. The quantitative estimate of drug-likeness (QED) is 0.0211. The van der Waals surface area contributed by atoms with E-state index < -0.39 is 24.3 Å². The van der Waals surface area contributed by atoms with E-state index in [2.05, 4.69) is 26.0 Å². The van der Waals surface area contributed by atoms with Crippen LogP contribution in [0.1, 0.15) is 322 Å². The van der Waals surface area contributed by atoms with Crippen LogP contribution < -0.4 is 0 Å². The number of quaternary nitrogens is 1. The number of carbonyl (C=O) groups is 3. The SMILES string of the molecule is CCCC/C=C\CCCCCCCC(=O)OC(COC(=O)CCCCCCCCCCCCCCCCCCCCCCCCCCCCCCCCCCCCCCC)COC(OCC[N+](C)(C)C)C(=O)O. The van der Waals surface area contributed by atoms with Crippen LogP contribution in [0.4, 0.5) is 0 Å². The van der Waals surface area contributed by atoms with Crippen LogP contribution in [0, 0.1) is 0 Å². The first-order valence-electron chi connectivity index (χ1n) is 31.9. The Hall–Kier alpha value is -1.97. The molecule has 1 N–H and O–H groups in total. The summed E-state index contributed by atoms with van der Waals surface area (Å²) in [6, 6.07) is 0. The molecule has 9 heteroatoms. The van der Waals surface area contributed by atoms with E-state index in [0.717, 1.165) is 57.8 Å². The van der Waals surface area contributed by atoms with Gasteiger partial charge >= 0.3 is 17.9 Å². The zero-order valence-corrected chi connectivity index (χ0v) is 49.3. The van der Waals surface area contributed by atoms with Gasteiger partial charge in [0.15, 0.2) is 6.10 Å². The Morgan fingerprint density at radius 1 is 0.397 bits per heavy atom. The number of carboxylic acids is 1. The number of ether oxygens (including phenoxy) is 4. The van der Waals surface area contributed by atoms with Crippen molar-refractivity contribution in [3.8, 4) is 0 Å². The predicted molar refractivity (Wildman–Crippen MR) is 309 cm³/mol. The lowest BCUT2D eigenvalue weighted by Crippen LogP contribution is -2.40. The van der Waals surface area contributed by atoms with Gasteiger partial charge in [0.1, 0.15) is 13.2 Å². The Morgan fingerprint density at radius 3 is 1.05 bits per heavy atom. The maximum absolute atomic E-state index is 12.8. The van der Waals surface area contributed by atoms with Gasteiger partial charge in [-0.2, -0.15) is 0 Å². The lowest BCUT2D eigenvalue weighted by Gasteiger charge is -2.25. The minimum Gasteiger partial charge on any atom is -0.477 e. The van der Waals surface area contributed by atoms with Crippen LogP contribution in [0.15, 0.2) is 12.2 Å². The van der Waals surface area contributed by atoms with Crippen molar-refractivity contribution in [3.63, 3.8) is 0 Å². The van der Waals surface area contributed by atoms with Gasteiger partial charge in [-0.1, -0.05) is 289 Å². The highest BCUT2D eigenvalue weighted by Crippen LogP contribution is 2.19. The number of nitrogens with zero attached hydrogens (tertiary/aromatic N) is 1. The fraction of sp³-hybridized carbons (Fsp3) is 0.922. The topological polar surface area (TPSA) is 108 Å². The monoisotopic (exact) mass is 1030 g/mol. The highest BCUT2D eigenvalue weighted by atomic mass is 16.7. The van der Waals surface area contributed by atoms with Crippen molar-refractivity contribution < 1.29 is 42.9 Å². The summed E-state index contributed by atoms with van der Waals surface area (Å²) in [4.78, 5) is 37.3. The van der Waals surface area contributed by atoms with Gasteiger partial charge in [-0.15, -0.1) is 0 Å². The molecule has 0 aliphatic rings. The number of aliphatic carboxylic acids is 1. The van der Waals surface area contributed by atoms with E-state index >= 15 is 0 Å². The highest BCUT2D eigenvalue weighted by Gasteiger charge is 2.25. The average Bonchev–Trinajstić information content (AvgIpc) is 3.36. The van der Waals surface area contributed by atoms with Crippen molar-refractivity contribution in [1.29, 1.82) is 0 Å². The van der Waals surface area contributed by atoms with E-state index in [1.165, 1.54) is 231 Å². The third-order valence-corrected chi connectivity index (χ3v) is 14.5. The highest BCUT2D eigenvalue weighted by molar-refractivity contribution is 5.71. The number of rotatable bonds is 60. The van der Waals surface area contributed by atoms with Crippen molar-refractivity contribution in [1.82, 2.24) is 0 Å². The van der Waals surface area contributed by atoms with Gasteiger partial charge in [0, 0.05) is 12.8 Å². The Morgan fingerprint density at radius 2 is 0.712 bits per heavy atom. The lowest BCUT2D eigenvalue weighted by molar-refractivity contribution is -0.870. The first-order valence-corrected chi connectivity index (χ1v) is 31.9. The molecular formula is C64H124NO8+. The van der Waals surface area contributed by atoms with Crippen LogP contribution in [-0.2, 0) is 33.3 Å². The van der Waals surface area contributed by atoms with Crippen molar-refractivity contribution in [3.05, 3.63) is 12.2 Å².